The van der Waals surface area contributed by atoms with Gasteiger partial charge in [-0.1, -0.05) is 24.3 Å². The molecule has 2 N–H and O–H groups in total. The molecule has 3 aromatic carbocycles. The number of hydrogen-bond donors (Lipinski definition) is 2. The number of halogens is 2. The van der Waals surface area contributed by atoms with Crippen LogP contribution in [0.3, 0.4) is 0 Å². The smallest absolute Gasteiger partial charge is 0.335 e. The van der Waals surface area contributed by atoms with E-state index < -0.39 is 5.97 Å². The van der Waals surface area contributed by atoms with E-state index in [0.717, 1.165) is 16.8 Å². The molecule has 4 aromatic rings. The number of aromatic carboxylic acids is 1. The van der Waals surface area contributed by atoms with Crippen LogP contribution in [0.1, 0.15) is 33.1 Å². The van der Waals surface area contributed by atoms with Crippen LogP contribution in [0.4, 0.5) is 14.5 Å². The number of anilines is 1. The Kier molecular flexibility index (Phi) is 6.26. The third kappa shape index (κ3) is 5.18. The molecule has 1 aromatic heterocycles. The van der Waals surface area contributed by atoms with E-state index in [0.29, 0.717) is 18.5 Å². The van der Waals surface area contributed by atoms with E-state index in [4.69, 9.17) is 0 Å². The standard InChI is InChI=1S/C25H21F2N3O2/c26-20-5-1-17(2-6-20)13-19-14-22(9-10-23(19)25(31)32)29-24(15-30-12-11-28-16-30)18-3-7-21(27)8-4-18/h1-12,14,16,24,29H,13,15H2,(H,31,32). The van der Waals surface area contributed by atoms with Crippen molar-refractivity contribution < 1.29 is 18.7 Å². The lowest BCUT2D eigenvalue weighted by atomic mass is 9.98. The molecule has 1 unspecified atom stereocenters. The highest BCUT2D eigenvalue weighted by molar-refractivity contribution is 5.90. The van der Waals surface area contributed by atoms with Gasteiger partial charge in [0.05, 0.1) is 17.9 Å². The van der Waals surface area contributed by atoms with Crippen molar-refractivity contribution in [2.45, 2.75) is 19.0 Å². The number of nitrogens with one attached hydrogen (secondary N) is 1. The highest BCUT2D eigenvalue weighted by atomic mass is 19.1. The van der Waals surface area contributed by atoms with Crippen LogP contribution >= 0.6 is 0 Å². The van der Waals surface area contributed by atoms with Gasteiger partial charge in [-0.2, -0.15) is 0 Å². The summed E-state index contributed by atoms with van der Waals surface area (Å²) >= 11 is 0. The fourth-order valence-electron chi connectivity index (χ4n) is 3.60. The van der Waals surface area contributed by atoms with Crippen molar-refractivity contribution in [1.29, 1.82) is 0 Å². The third-order valence-corrected chi connectivity index (χ3v) is 5.21. The van der Waals surface area contributed by atoms with Crippen molar-refractivity contribution in [3.63, 3.8) is 0 Å². The minimum atomic E-state index is -1.03. The quantitative estimate of drug-likeness (QED) is 0.396. The van der Waals surface area contributed by atoms with Crippen molar-refractivity contribution in [1.82, 2.24) is 9.55 Å². The van der Waals surface area contributed by atoms with Gasteiger partial charge in [0.2, 0.25) is 0 Å². The molecule has 1 atom stereocenters. The maximum absolute atomic E-state index is 13.4. The number of carbonyl (C=O) groups is 1. The molecule has 0 saturated carbocycles. The predicted octanol–water partition coefficient (Wildman–Crippen LogP) is 5.30. The van der Waals surface area contributed by atoms with Gasteiger partial charge in [0, 0.05) is 24.6 Å². The summed E-state index contributed by atoms with van der Waals surface area (Å²) in [4.78, 5) is 15.8. The van der Waals surface area contributed by atoms with Crippen LogP contribution in [0.2, 0.25) is 0 Å². The summed E-state index contributed by atoms with van der Waals surface area (Å²) in [6.07, 6.45) is 5.57. The second kappa shape index (κ2) is 9.43. The van der Waals surface area contributed by atoms with Gasteiger partial charge >= 0.3 is 5.97 Å². The first kappa shape index (κ1) is 21.2. The molecule has 0 aliphatic heterocycles. The Morgan fingerprint density at radius 1 is 1.00 bits per heavy atom. The SMILES string of the molecule is O=C(O)c1ccc(NC(Cn2ccnc2)c2ccc(F)cc2)cc1Cc1ccc(F)cc1. The van der Waals surface area contributed by atoms with Crippen LogP contribution in [0.25, 0.3) is 0 Å². The van der Waals surface area contributed by atoms with E-state index in [9.17, 15) is 18.7 Å². The van der Waals surface area contributed by atoms with Crippen LogP contribution in [0, 0.1) is 11.6 Å². The minimum absolute atomic E-state index is 0.188. The molecule has 32 heavy (non-hydrogen) atoms. The average molecular weight is 433 g/mol. The molecule has 0 amide bonds. The average Bonchev–Trinajstić information content (AvgIpc) is 3.29. The maximum atomic E-state index is 13.4. The Morgan fingerprint density at radius 2 is 1.69 bits per heavy atom. The van der Waals surface area contributed by atoms with Crippen LogP contribution < -0.4 is 5.32 Å². The third-order valence-electron chi connectivity index (χ3n) is 5.21. The Morgan fingerprint density at radius 3 is 2.31 bits per heavy atom. The molecule has 1 heterocycles. The molecule has 0 saturated heterocycles. The normalized spacial score (nSPS) is 11.8. The monoisotopic (exact) mass is 433 g/mol. The molecule has 5 nitrogen and oxygen atoms in total. The van der Waals surface area contributed by atoms with Gasteiger partial charge in [0.1, 0.15) is 11.6 Å². The Hall–Kier alpha value is -4.00. The first-order valence-electron chi connectivity index (χ1n) is 10.1. The number of carboxylic acid groups (broad SMARTS) is 1. The van der Waals surface area contributed by atoms with Crippen molar-refractivity contribution in [3.05, 3.63) is 119 Å². The zero-order valence-corrected chi connectivity index (χ0v) is 17.1. The molecular weight excluding hydrogens is 412 g/mol. The second-order valence-corrected chi connectivity index (χ2v) is 7.49. The Bertz CT molecular complexity index is 1190. The molecule has 162 valence electrons. The van der Waals surface area contributed by atoms with Crippen LogP contribution in [-0.2, 0) is 13.0 Å². The van der Waals surface area contributed by atoms with Crippen molar-refractivity contribution in [2.75, 3.05) is 5.32 Å². The number of nitrogens with zero attached hydrogens (tertiary/aromatic N) is 2. The number of aromatic nitrogens is 2. The molecule has 7 heteroatoms. The predicted molar refractivity (Wildman–Crippen MR) is 118 cm³/mol. The lowest BCUT2D eigenvalue weighted by Crippen LogP contribution is -2.17. The number of imidazole rings is 1. The first-order chi connectivity index (χ1) is 15.5. The molecule has 4 rings (SSSR count). The summed E-state index contributed by atoms with van der Waals surface area (Å²) in [5.74, 6) is -1.69. The van der Waals surface area contributed by atoms with Gasteiger partial charge in [-0.3, -0.25) is 0 Å². The van der Waals surface area contributed by atoms with Crippen molar-refractivity contribution in [2.24, 2.45) is 0 Å². The summed E-state index contributed by atoms with van der Waals surface area (Å²) in [6, 6.07) is 17.1. The van der Waals surface area contributed by atoms with E-state index in [1.54, 1.807) is 55.0 Å². The summed E-state index contributed by atoms with van der Waals surface area (Å²) in [7, 11) is 0. The Balaban J connectivity index is 1.64. The zero-order chi connectivity index (χ0) is 22.5. The van der Waals surface area contributed by atoms with E-state index >= 15 is 0 Å². The van der Waals surface area contributed by atoms with Gasteiger partial charge in [0.15, 0.2) is 0 Å². The van der Waals surface area contributed by atoms with Crippen LogP contribution in [0.15, 0.2) is 85.5 Å². The number of rotatable bonds is 8. The van der Waals surface area contributed by atoms with Gasteiger partial charge in [0.25, 0.3) is 0 Å². The highest BCUT2D eigenvalue weighted by Gasteiger charge is 2.16. The lowest BCUT2D eigenvalue weighted by Gasteiger charge is -2.22. The molecule has 0 fully saturated rings. The fraction of sp³-hybridized carbons (Fsp3) is 0.120. The molecule has 0 aliphatic carbocycles. The number of carboxylic acids is 1. The van der Waals surface area contributed by atoms with Crippen LogP contribution in [0.5, 0.6) is 0 Å². The number of hydrogen-bond acceptors (Lipinski definition) is 3. The van der Waals surface area contributed by atoms with E-state index in [1.807, 2.05) is 10.8 Å². The van der Waals surface area contributed by atoms with Crippen molar-refractivity contribution in [3.8, 4) is 0 Å². The topological polar surface area (TPSA) is 67.2 Å². The number of benzene rings is 3. The largest absolute Gasteiger partial charge is 0.478 e. The minimum Gasteiger partial charge on any atom is -0.478 e. The first-order valence-corrected chi connectivity index (χ1v) is 10.1. The summed E-state index contributed by atoms with van der Waals surface area (Å²) in [5, 5.41) is 13.0. The molecule has 0 spiro atoms. The lowest BCUT2D eigenvalue weighted by molar-refractivity contribution is 0.0696. The summed E-state index contributed by atoms with van der Waals surface area (Å²) < 4.78 is 28.6. The maximum Gasteiger partial charge on any atom is 0.335 e. The molecule has 0 aliphatic rings. The highest BCUT2D eigenvalue weighted by Crippen LogP contribution is 2.25. The van der Waals surface area contributed by atoms with Gasteiger partial charge < -0.3 is 15.0 Å². The van der Waals surface area contributed by atoms with E-state index in [2.05, 4.69) is 10.3 Å². The van der Waals surface area contributed by atoms with E-state index in [1.165, 1.54) is 24.3 Å². The van der Waals surface area contributed by atoms with Gasteiger partial charge in [-0.05, 0) is 65.6 Å². The Labute approximate surface area is 184 Å². The zero-order valence-electron chi connectivity index (χ0n) is 17.1. The van der Waals surface area contributed by atoms with Gasteiger partial charge in [-0.25, -0.2) is 18.6 Å². The fourth-order valence-corrected chi connectivity index (χ4v) is 3.60. The van der Waals surface area contributed by atoms with Crippen molar-refractivity contribution >= 4 is 11.7 Å². The molecule has 0 radical (unpaired) electrons. The second-order valence-electron chi connectivity index (χ2n) is 7.49. The summed E-state index contributed by atoms with van der Waals surface area (Å²) in [6.45, 7) is 0.541. The molecular formula is C25H21F2N3O2. The van der Waals surface area contributed by atoms with Gasteiger partial charge in [-0.15, -0.1) is 0 Å². The van der Waals surface area contributed by atoms with E-state index in [-0.39, 0.29) is 23.2 Å². The summed E-state index contributed by atoms with van der Waals surface area (Å²) in [5.41, 5.74) is 3.20. The van der Waals surface area contributed by atoms with Crippen LogP contribution in [-0.4, -0.2) is 20.6 Å². The molecule has 0 bridgehead atoms.